The Balaban J connectivity index is 3.13. The number of nitrogens with one attached hydrogen (secondary N) is 1. The van der Waals surface area contributed by atoms with E-state index in [9.17, 15) is 18.3 Å². The normalized spacial score (nSPS) is 11.1. The number of rotatable bonds is 4. The number of hydrogen-bond donors (Lipinski definition) is 1. The summed E-state index contributed by atoms with van der Waals surface area (Å²) in [5.74, 6) is -1.40. The summed E-state index contributed by atoms with van der Waals surface area (Å²) in [6.45, 7) is 3.19. The summed E-state index contributed by atoms with van der Waals surface area (Å²) in [6, 6.07) is 4.14. The second kappa shape index (κ2) is 4.52. The number of sulfonamides is 1. The van der Waals surface area contributed by atoms with E-state index in [1.54, 1.807) is 6.92 Å². The molecule has 0 radical (unpaired) electrons. The van der Waals surface area contributed by atoms with Gasteiger partial charge in [0.25, 0.3) is 0 Å². The van der Waals surface area contributed by atoms with Gasteiger partial charge in [0.05, 0.1) is 17.4 Å². The molecule has 0 aliphatic carbocycles. The van der Waals surface area contributed by atoms with E-state index < -0.39 is 16.0 Å². The molecule has 0 aliphatic heterocycles. The van der Waals surface area contributed by atoms with Crippen LogP contribution in [0.25, 0.3) is 0 Å². The zero-order valence-electron chi connectivity index (χ0n) is 8.98. The number of carbonyl (C=O) groups is 1. The minimum atomic E-state index is -3.40. The SMILES string of the molecule is CCS(=O)(=O)Nc1cc(C(=O)[O-])ccc1C. The highest BCUT2D eigenvalue weighted by Gasteiger charge is 2.09. The van der Waals surface area contributed by atoms with Gasteiger partial charge in [0, 0.05) is 0 Å². The zero-order valence-corrected chi connectivity index (χ0v) is 9.80. The molecule has 0 amide bonds. The maximum absolute atomic E-state index is 11.3. The van der Waals surface area contributed by atoms with Crippen molar-refractivity contribution in [1.29, 1.82) is 0 Å². The molecule has 0 aliphatic rings. The van der Waals surface area contributed by atoms with Crippen LogP contribution in [0.15, 0.2) is 18.2 Å². The minimum absolute atomic E-state index is 0.0561. The number of carboxylic acids is 1. The molecule has 88 valence electrons. The first kappa shape index (κ1) is 12.5. The molecule has 0 saturated heterocycles. The summed E-state index contributed by atoms with van der Waals surface area (Å²) in [5, 5.41) is 10.6. The first-order valence-corrected chi connectivity index (χ1v) is 6.33. The van der Waals surface area contributed by atoms with Crippen LogP contribution in [0.2, 0.25) is 0 Å². The smallest absolute Gasteiger partial charge is 0.232 e. The Bertz CT molecular complexity index is 508. The number of anilines is 1. The lowest BCUT2D eigenvalue weighted by Crippen LogP contribution is -2.23. The van der Waals surface area contributed by atoms with Gasteiger partial charge in [-0.1, -0.05) is 12.1 Å². The van der Waals surface area contributed by atoms with Gasteiger partial charge >= 0.3 is 0 Å². The first-order chi connectivity index (χ1) is 7.35. The summed E-state index contributed by atoms with van der Waals surface area (Å²) < 4.78 is 25.0. The van der Waals surface area contributed by atoms with Crippen molar-refractivity contribution < 1.29 is 18.3 Å². The second-order valence-electron chi connectivity index (χ2n) is 3.32. The van der Waals surface area contributed by atoms with Gasteiger partial charge in [-0.25, -0.2) is 8.42 Å². The lowest BCUT2D eigenvalue weighted by atomic mass is 10.1. The molecule has 16 heavy (non-hydrogen) atoms. The molecule has 5 nitrogen and oxygen atoms in total. The molecule has 0 bridgehead atoms. The quantitative estimate of drug-likeness (QED) is 0.812. The molecule has 0 saturated carbocycles. The van der Waals surface area contributed by atoms with Crippen LogP contribution in [-0.4, -0.2) is 20.1 Å². The Morgan fingerprint density at radius 2 is 2.06 bits per heavy atom. The monoisotopic (exact) mass is 242 g/mol. The van der Waals surface area contributed by atoms with Gasteiger partial charge in [0.15, 0.2) is 0 Å². The molecular formula is C10H12NO4S-. The van der Waals surface area contributed by atoms with E-state index in [2.05, 4.69) is 4.72 Å². The number of aromatic carboxylic acids is 1. The van der Waals surface area contributed by atoms with Crippen molar-refractivity contribution in [3.05, 3.63) is 29.3 Å². The average Bonchev–Trinajstić information content (AvgIpc) is 2.21. The maximum Gasteiger partial charge on any atom is 0.232 e. The highest BCUT2D eigenvalue weighted by molar-refractivity contribution is 7.92. The van der Waals surface area contributed by atoms with E-state index in [0.29, 0.717) is 5.56 Å². The van der Waals surface area contributed by atoms with Crippen molar-refractivity contribution >= 4 is 21.7 Å². The summed E-state index contributed by atoms with van der Waals surface area (Å²) in [5.41, 5.74) is 0.866. The van der Waals surface area contributed by atoms with Crippen molar-refractivity contribution in [2.45, 2.75) is 13.8 Å². The van der Waals surface area contributed by atoms with Crippen molar-refractivity contribution in [2.75, 3.05) is 10.5 Å². The van der Waals surface area contributed by atoms with Gasteiger partial charge in [0.2, 0.25) is 10.0 Å². The Morgan fingerprint density at radius 3 is 2.56 bits per heavy atom. The van der Waals surface area contributed by atoms with Crippen LogP contribution in [-0.2, 0) is 10.0 Å². The van der Waals surface area contributed by atoms with Crippen LogP contribution in [0.4, 0.5) is 5.69 Å². The van der Waals surface area contributed by atoms with Crippen LogP contribution in [0.1, 0.15) is 22.8 Å². The van der Waals surface area contributed by atoms with Gasteiger partial charge < -0.3 is 9.90 Å². The third-order valence-corrected chi connectivity index (χ3v) is 3.41. The van der Waals surface area contributed by atoms with Crippen molar-refractivity contribution in [3.63, 3.8) is 0 Å². The molecule has 6 heteroatoms. The van der Waals surface area contributed by atoms with Gasteiger partial charge in [-0.3, -0.25) is 4.72 Å². The predicted octanol–water partition coefficient (Wildman–Crippen LogP) is 0.120. The topological polar surface area (TPSA) is 86.3 Å². The summed E-state index contributed by atoms with van der Waals surface area (Å²) >= 11 is 0. The van der Waals surface area contributed by atoms with Crippen molar-refractivity contribution in [3.8, 4) is 0 Å². The van der Waals surface area contributed by atoms with Gasteiger partial charge in [0.1, 0.15) is 0 Å². The van der Waals surface area contributed by atoms with Crippen LogP contribution in [0.5, 0.6) is 0 Å². The largest absolute Gasteiger partial charge is 0.545 e. The first-order valence-electron chi connectivity index (χ1n) is 4.68. The molecule has 0 spiro atoms. The number of hydrogen-bond acceptors (Lipinski definition) is 4. The molecular weight excluding hydrogens is 230 g/mol. The van der Waals surface area contributed by atoms with Crippen LogP contribution in [0.3, 0.4) is 0 Å². The van der Waals surface area contributed by atoms with Crippen molar-refractivity contribution in [2.24, 2.45) is 0 Å². The molecule has 0 heterocycles. The van der Waals surface area contributed by atoms with Crippen LogP contribution in [0, 0.1) is 6.92 Å². The Hall–Kier alpha value is -1.56. The van der Waals surface area contributed by atoms with E-state index in [4.69, 9.17) is 0 Å². The van der Waals surface area contributed by atoms with Gasteiger partial charge in [-0.2, -0.15) is 0 Å². The van der Waals surface area contributed by atoms with E-state index in [-0.39, 0.29) is 17.0 Å². The zero-order chi connectivity index (χ0) is 12.3. The molecule has 0 fully saturated rings. The Labute approximate surface area is 94.2 Å². The Kier molecular flexibility index (Phi) is 3.54. The average molecular weight is 242 g/mol. The number of aryl methyl sites for hydroxylation is 1. The van der Waals surface area contributed by atoms with Gasteiger partial charge in [-0.05, 0) is 31.0 Å². The summed E-state index contributed by atoms with van der Waals surface area (Å²) in [7, 11) is -3.40. The molecule has 1 N–H and O–H groups in total. The highest BCUT2D eigenvalue weighted by atomic mass is 32.2. The third kappa shape index (κ3) is 2.96. The minimum Gasteiger partial charge on any atom is -0.545 e. The standard InChI is InChI=1S/C10H13NO4S/c1-3-16(14,15)11-9-6-8(10(12)13)5-4-7(9)2/h4-6,11H,3H2,1-2H3,(H,12,13)/p-1. The lowest BCUT2D eigenvalue weighted by molar-refractivity contribution is -0.255. The second-order valence-corrected chi connectivity index (χ2v) is 5.33. The Morgan fingerprint density at radius 1 is 1.44 bits per heavy atom. The number of carbonyl (C=O) groups excluding carboxylic acids is 1. The summed E-state index contributed by atoms with van der Waals surface area (Å²) in [4.78, 5) is 10.6. The van der Waals surface area contributed by atoms with E-state index in [0.717, 1.165) is 0 Å². The fraction of sp³-hybridized carbons (Fsp3) is 0.300. The molecule has 1 aromatic rings. The molecule has 1 rings (SSSR count). The fourth-order valence-corrected chi connectivity index (χ4v) is 1.80. The van der Waals surface area contributed by atoms with Crippen LogP contribution < -0.4 is 9.83 Å². The molecule has 0 unspecified atom stereocenters. The van der Waals surface area contributed by atoms with Crippen molar-refractivity contribution in [1.82, 2.24) is 0 Å². The van der Waals surface area contributed by atoms with E-state index >= 15 is 0 Å². The predicted molar refractivity (Wildman–Crippen MR) is 58.6 cm³/mol. The van der Waals surface area contributed by atoms with Gasteiger partial charge in [-0.15, -0.1) is 0 Å². The molecule has 1 aromatic carbocycles. The molecule has 0 atom stereocenters. The van der Waals surface area contributed by atoms with E-state index in [1.807, 2.05) is 0 Å². The van der Waals surface area contributed by atoms with Crippen LogP contribution >= 0.6 is 0 Å². The molecule has 0 aromatic heterocycles. The van der Waals surface area contributed by atoms with E-state index in [1.165, 1.54) is 25.1 Å². The number of benzene rings is 1. The third-order valence-electron chi connectivity index (χ3n) is 2.12. The maximum atomic E-state index is 11.3. The number of carboxylic acid groups (broad SMARTS) is 1. The summed E-state index contributed by atoms with van der Waals surface area (Å²) in [6.07, 6.45) is 0. The highest BCUT2D eigenvalue weighted by Crippen LogP contribution is 2.18. The lowest BCUT2D eigenvalue weighted by Gasteiger charge is -2.11. The fourth-order valence-electron chi connectivity index (χ4n) is 1.10.